The molecule has 1 saturated carbocycles. The minimum atomic E-state index is 0.0728. The molecule has 0 spiro atoms. The van der Waals surface area contributed by atoms with Gasteiger partial charge in [0.15, 0.2) is 5.78 Å². The molecule has 30 heavy (non-hydrogen) atoms. The molecule has 2 aromatic rings. The highest BCUT2D eigenvalue weighted by atomic mass is 16.5. The SMILES string of the molecule is CC.COc1ccc2cc(C(=O)C3CN(C4CCC4)CCC3C)ccc2c1CC#N. The zero-order valence-electron chi connectivity index (χ0n) is 18.8. The Morgan fingerprint density at radius 3 is 2.60 bits per heavy atom. The third-order valence-electron chi connectivity index (χ3n) is 6.77. The van der Waals surface area contributed by atoms with Crippen molar-refractivity contribution in [1.29, 1.82) is 5.26 Å². The first-order valence-electron chi connectivity index (χ1n) is 11.4. The van der Waals surface area contributed by atoms with Gasteiger partial charge in [-0.1, -0.05) is 45.4 Å². The van der Waals surface area contributed by atoms with Gasteiger partial charge in [0.05, 0.1) is 19.6 Å². The van der Waals surface area contributed by atoms with Crippen molar-refractivity contribution in [3.05, 3.63) is 41.5 Å². The average Bonchev–Trinajstić information content (AvgIpc) is 2.74. The van der Waals surface area contributed by atoms with Crippen molar-refractivity contribution in [2.24, 2.45) is 11.8 Å². The Kier molecular flexibility index (Phi) is 7.50. The summed E-state index contributed by atoms with van der Waals surface area (Å²) in [5.74, 6) is 1.48. The molecule has 0 radical (unpaired) electrons. The Morgan fingerprint density at radius 2 is 1.97 bits per heavy atom. The van der Waals surface area contributed by atoms with E-state index in [2.05, 4.69) is 17.9 Å². The average molecular weight is 407 g/mol. The lowest BCUT2D eigenvalue weighted by Gasteiger charge is -2.44. The van der Waals surface area contributed by atoms with Crippen LogP contribution in [0, 0.1) is 23.2 Å². The fraction of sp³-hybridized carbons (Fsp3) is 0.538. The van der Waals surface area contributed by atoms with Gasteiger partial charge in [-0.3, -0.25) is 9.69 Å². The third kappa shape index (κ3) is 4.37. The van der Waals surface area contributed by atoms with E-state index in [9.17, 15) is 10.1 Å². The number of methoxy groups -OCH3 is 1. The van der Waals surface area contributed by atoms with Crippen LogP contribution in [-0.4, -0.2) is 36.9 Å². The summed E-state index contributed by atoms with van der Waals surface area (Å²) in [5.41, 5.74) is 1.68. The minimum Gasteiger partial charge on any atom is -0.496 e. The van der Waals surface area contributed by atoms with Crippen LogP contribution >= 0.6 is 0 Å². The predicted octanol–water partition coefficient (Wildman–Crippen LogP) is 5.63. The van der Waals surface area contributed by atoms with Gasteiger partial charge in [-0.05, 0) is 54.6 Å². The van der Waals surface area contributed by atoms with Crippen molar-refractivity contribution in [2.75, 3.05) is 20.2 Å². The summed E-state index contributed by atoms with van der Waals surface area (Å²) in [6.07, 6.45) is 5.30. The largest absolute Gasteiger partial charge is 0.496 e. The van der Waals surface area contributed by atoms with Gasteiger partial charge in [0.1, 0.15) is 5.75 Å². The molecule has 2 atom stereocenters. The summed E-state index contributed by atoms with van der Waals surface area (Å²) in [6.45, 7) is 8.24. The van der Waals surface area contributed by atoms with E-state index in [0.29, 0.717) is 18.4 Å². The number of piperidine rings is 1. The molecule has 0 aromatic heterocycles. The molecule has 0 bridgehead atoms. The minimum absolute atomic E-state index is 0.0728. The molecule has 2 aliphatic rings. The molecule has 1 saturated heterocycles. The number of rotatable bonds is 5. The molecule has 4 rings (SSSR count). The molecule has 160 valence electrons. The molecule has 4 heteroatoms. The Balaban J connectivity index is 0.00000124. The van der Waals surface area contributed by atoms with Crippen LogP contribution < -0.4 is 4.74 Å². The van der Waals surface area contributed by atoms with Crippen molar-refractivity contribution in [2.45, 2.75) is 58.9 Å². The Morgan fingerprint density at radius 1 is 1.20 bits per heavy atom. The molecular formula is C26H34N2O2. The first kappa shape index (κ1) is 22.3. The molecule has 1 aliphatic heterocycles. The van der Waals surface area contributed by atoms with Gasteiger partial charge in [0, 0.05) is 29.6 Å². The van der Waals surface area contributed by atoms with Crippen LogP contribution in [0.1, 0.15) is 62.4 Å². The molecule has 4 nitrogen and oxygen atoms in total. The summed E-state index contributed by atoms with van der Waals surface area (Å²) >= 11 is 0. The maximum Gasteiger partial charge on any atom is 0.167 e. The van der Waals surface area contributed by atoms with E-state index >= 15 is 0 Å². The number of benzene rings is 2. The zero-order valence-corrected chi connectivity index (χ0v) is 18.8. The number of Topliss-reactive ketones (excluding diaryl/α,β-unsaturated/α-hetero) is 1. The van der Waals surface area contributed by atoms with Gasteiger partial charge >= 0.3 is 0 Å². The normalized spacial score (nSPS) is 21.8. The van der Waals surface area contributed by atoms with Crippen LogP contribution in [0.2, 0.25) is 0 Å². The Labute approximate surface area is 180 Å². The molecule has 0 amide bonds. The Bertz CT molecular complexity index is 927. The third-order valence-corrected chi connectivity index (χ3v) is 6.77. The number of nitrogens with zero attached hydrogens (tertiary/aromatic N) is 2. The van der Waals surface area contributed by atoms with Crippen LogP contribution in [0.4, 0.5) is 0 Å². The summed E-state index contributed by atoms with van der Waals surface area (Å²) in [7, 11) is 1.62. The second-order valence-corrected chi connectivity index (χ2v) is 8.33. The van der Waals surface area contributed by atoms with Crippen molar-refractivity contribution >= 4 is 16.6 Å². The molecule has 1 aliphatic carbocycles. The van der Waals surface area contributed by atoms with Gasteiger partial charge in [0.2, 0.25) is 0 Å². The topological polar surface area (TPSA) is 53.3 Å². The number of fused-ring (bicyclic) bond motifs is 1. The maximum absolute atomic E-state index is 13.4. The number of ether oxygens (including phenoxy) is 1. The standard InChI is InChI=1S/C24H28N2O2.C2H6/c1-16-11-13-26(19-4-3-5-19)15-22(16)24(27)18-6-8-20-17(14-18)7-9-23(28-2)21(20)10-12-25;1-2/h6-9,14,16,19,22H,3-5,10-11,13,15H2,1-2H3;1-2H3. The summed E-state index contributed by atoms with van der Waals surface area (Å²) in [4.78, 5) is 15.9. The quantitative estimate of drug-likeness (QED) is 0.604. The van der Waals surface area contributed by atoms with Crippen molar-refractivity contribution in [1.82, 2.24) is 4.90 Å². The molecule has 2 unspecified atom stereocenters. The fourth-order valence-electron chi connectivity index (χ4n) is 4.71. The Hall–Kier alpha value is -2.38. The number of nitriles is 1. The van der Waals surface area contributed by atoms with Gasteiger partial charge in [-0.25, -0.2) is 0 Å². The van der Waals surface area contributed by atoms with Crippen molar-refractivity contribution in [3.8, 4) is 11.8 Å². The van der Waals surface area contributed by atoms with E-state index in [-0.39, 0.29) is 11.7 Å². The number of hydrogen-bond donors (Lipinski definition) is 0. The van der Waals surface area contributed by atoms with Crippen LogP contribution in [0.5, 0.6) is 5.75 Å². The number of hydrogen-bond acceptors (Lipinski definition) is 4. The second-order valence-electron chi connectivity index (χ2n) is 8.33. The summed E-state index contributed by atoms with van der Waals surface area (Å²) in [6, 6.07) is 12.7. The first-order chi connectivity index (χ1) is 14.6. The lowest BCUT2D eigenvalue weighted by atomic mass is 9.79. The van der Waals surface area contributed by atoms with E-state index in [1.165, 1.54) is 19.3 Å². The smallest absolute Gasteiger partial charge is 0.167 e. The number of likely N-dealkylation sites (tertiary alicyclic amines) is 1. The van der Waals surface area contributed by atoms with Crippen LogP contribution in [-0.2, 0) is 6.42 Å². The highest BCUT2D eigenvalue weighted by Gasteiger charge is 2.36. The molecule has 1 heterocycles. The van der Waals surface area contributed by atoms with Crippen molar-refractivity contribution in [3.63, 3.8) is 0 Å². The van der Waals surface area contributed by atoms with Crippen LogP contribution in [0.3, 0.4) is 0 Å². The lowest BCUT2D eigenvalue weighted by molar-refractivity contribution is 0.0445. The summed E-state index contributed by atoms with van der Waals surface area (Å²) < 4.78 is 5.42. The zero-order chi connectivity index (χ0) is 21.7. The monoisotopic (exact) mass is 406 g/mol. The van der Waals surface area contributed by atoms with E-state index in [0.717, 1.165) is 47.2 Å². The van der Waals surface area contributed by atoms with Gasteiger partial charge in [-0.2, -0.15) is 5.26 Å². The molecule has 0 N–H and O–H groups in total. The van der Waals surface area contributed by atoms with Gasteiger partial charge < -0.3 is 4.74 Å². The highest BCUT2D eigenvalue weighted by molar-refractivity contribution is 6.02. The predicted molar refractivity (Wildman–Crippen MR) is 122 cm³/mol. The van der Waals surface area contributed by atoms with E-state index in [4.69, 9.17) is 4.74 Å². The number of carbonyl (C=O) groups is 1. The number of carbonyl (C=O) groups excluding carboxylic acids is 1. The van der Waals surface area contributed by atoms with Gasteiger partial charge in [0.25, 0.3) is 0 Å². The van der Waals surface area contributed by atoms with Crippen LogP contribution in [0.15, 0.2) is 30.3 Å². The van der Waals surface area contributed by atoms with Crippen molar-refractivity contribution < 1.29 is 9.53 Å². The summed E-state index contributed by atoms with van der Waals surface area (Å²) in [5, 5.41) is 11.2. The van der Waals surface area contributed by atoms with E-state index in [1.807, 2.05) is 44.2 Å². The number of ketones is 1. The molecule has 2 fully saturated rings. The van der Waals surface area contributed by atoms with E-state index in [1.54, 1.807) is 7.11 Å². The van der Waals surface area contributed by atoms with Gasteiger partial charge in [-0.15, -0.1) is 0 Å². The lowest BCUT2D eigenvalue weighted by Crippen LogP contribution is -2.49. The first-order valence-corrected chi connectivity index (χ1v) is 11.4. The maximum atomic E-state index is 13.4. The second kappa shape index (κ2) is 10.1. The molecular weight excluding hydrogens is 372 g/mol. The highest BCUT2D eigenvalue weighted by Crippen LogP contribution is 2.34. The fourth-order valence-corrected chi connectivity index (χ4v) is 4.71. The molecule has 2 aromatic carbocycles. The van der Waals surface area contributed by atoms with E-state index < -0.39 is 0 Å². The van der Waals surface area contributed by atoms with Crippen LogP contribution in [0.25, 0.3) is 10.8 Å².